The summed E-state index contributed by atoms with van der Waals surface area (Å²) in [5.74, 6) is 1.45. The zero-order valence-corrected chi connectivity index (χ0v) is 21.6. The van der Waals surface area contributed by atoms with Gasteiger partial charge in [-0.3, -0.25) is 0 Å². The molecule has 2 aromatic carbocycles. The molecule has 0 aliphatic rings. The minimum atomic E-state index is -4.22. The van der Waals surface area contributed by atoms with Gasteiger partial charge in [0.1, 0.15) is 0 Å². The summed E-state index contributed by atoms with van der Waals surface area (Å²) in [6, 6.07) is 19.5. The predicted molar refractivity (Wildman–Crippen MR) is 140 cm³/mol. The molecule has 0 bridgehead atoms. The molecule has 0 heterocycles. The van der Waals surface area contributed by atoms with E-state index in [-0.39, 0.29) is 0 Å². The molecule has 3 nitrogen and oxygen atoms in total. The van der Waals surface area contributed by atoms with Crippen LogP contribution in [0.25, 0.3) is 0 Å². The molecular weight excluding hydrogens is 415 g/mol. The van der Waals surface area contributed by atoms with Gasteiger partial charge in [0.05, 0.1) is 0 Å². The fourth-order valence-electron chi connectivity index (χ4n) is 4.00. The summed E-state index contributed by atoms with van der Waals surface area (Å²) < 4.78 is 13.0. The summed E-state index contributed by atoms with van der Waals surface area (Å²) in [4.78, 5) is 12.5. The van der Waals surface area contributed by atoms with E-state index in [9.17, 15) is 4.89 Å². The first-order valence-electron chi connectivity index (χ1n) is 12.5. The summed E-state index contributed by atoms with van der Waals surface area (Å²) in [7, 11) is -4.22. The first-order chi connectivity index (χ1) is 15.4. The van der Waals surface area contributed by atoms with Gasteiger partial charge >= 0.3 is 197 Å². The topological polar surface area (TPSA) is 38.7 Å². The Morgan fingerprint density at radius 1 is 0.594 bits per heavy atom. The summed E-state index contributed by atoms with van der Waals surface area (Å²) in [5, 5.41) is 1.49. The Labute approximate surface area is 196 Å². The molecule has 0 amide bonds. The van der Waals surface area contributed by atoms with Crippen LogP contribution in [0, 0.1) is 11.8 Å². The van der Waals surface area contributed by atoms with Gasteiger partial charge in [0.15, 0.2) is 0 Å². The number of rotatable bonds is 16. The zero-order chi connectivity index (χ0) is 23.3. The molecule has 0 spiro atoms. The Kier molecular flexibility index (Phi) is 11.4. The maximum atomic E-state index is 12.5. The van der Waals surface area contributed by atoms with Crippen LogP contribution in [0.15, 0.2) is 60.7 Å². The van der Waals surface area contributed by atoms with Gasteiger partial charge in [-0.15, -0.1) is 0 Å². The number of hydrogen-bond donors (Lipinski definition) is 1. The Hall–Kier alpha value is -1.25. The van der Waals surface area contributed by atoms with E-state index < -0.39 is 7.28 Å². The van der Waals surface area contributed by atoms with Crippen molar-refractivity contribution in [2.45, 2.75) is 79.1 Å². The monoisotopic (exact) mass is 460 g/mol. The molecule has 0 aromatic heterocycles. The van der Waals surface area contributed by atoms with Crippen LogP contribution in [-0.4, -0.2) is 18.1 Å². The molecule has 0 saturated carbocycles. The van der Waals surface area contributed by atoms with Crippen molar-refractivity contribution in [1.82, 2.24) is 0 Å². The van der Waals surface area contributed by atoms with Crippen molar-refractivity contribution in [3.8, 4) is 0 Å². The van der Waals surface area contributed by atoms with Gasteiger partial charge < -0.3 is 0 Å². The SMILES string of the molecule is CC(C)CCCCCOP(O)(OCCCCCC(C)C)(c1ccccc1)c1ccccc1. The van der Waals surface area contributed by atoms with Crippen LogP contribution in [0.1, 0.15) is 79.1 Å². The van der Waals surface area contributed by atoms with Gasteiger partial charge in [0.25, 0.3) is 0 Å². The van der Waals surface area contributed by atoms with Crippen LogP contribution in [0.2, 0.25) is 0 Å². The first-order valence-corrected chi connectivity index (χ1v) is 14.6. The van der Waals surface area contributed by atoms with E-state index in [0.29, 0.717) is 13.2 Å². The van der Waals surface area contributed by atoms with Crippen LogP contribution in [0.3, 0.4) is 0 Å². The van der Waals surface area contributed by atoms with Crippen LogP contribution in [0.4, 0.5) is 0 Å². The van der Waals surface area contributed by atoms with Crippen molar-refractivity contribution in [3.63, 3.8) is 0 Å². The summed E-state index contributed by atoms with van der Waals surface area (Å²) >= 11 is 0. The second kappa shape index (κ2) is 13.5. The van der Waals surface area contributed by atoms with Gasteiger partial charge in [-0.1, -0.05) is 0 Å². The first kappa shape index (κ1) is 27.0. The van der Waals surface area contributed by atoms with Crippen LogP contribution < -0.4 is 10.6 Å². The van der Waals surface area contributed by atoms with Crippen LogP contribution in [-0.2, 0) is 9.05 Å². The van der Waals surface area contributed by atoms with Crippen molar-refractivity contribution in [3.05, 3.63) is 60.7 Å². The Morgan fingerprint density at radius 2 is 0.969 bits per heavy atom. The summed E-state index contributed by atoms with van der Waals surface area (Å²) in [6.07, 6.45) is 8.88. The van der Waals surface area contributed by atoms with Gasteiger partial charge in [-0.25, -0.2) is 0 Å². The second-order valence-electron chi connectivity index (χ2n) is 9.74. The molecule has 0 fully saturated rings. The van der Waals surface area contributed by atoms with Gasteiger partial charge in [0.2, 0.25) is 0 Å². The van der Waals surface area contributed by atoms with Gasteiger partial charge in [-0.05, 0) is 0 Å². The molecule has 32 heavy (non-hydrogen) atoms. The van der Waals surface area contributed by atoms with Gasteiger partial charge in [-0.2, -0.15) is 0 Å². The average molecular weight is 461 g/mol. The van der Waals surface area contributed by atoms with Crippen molar-refractivity contribution in [1.29, 1.82) is 0 Å². The van der Waals surface area contributed by atoms with Crippen molar-refractivity contribution < 1.29 is 13.9 Å². The molecule has 0 radical (unpaired) electrons. The number of unbranched alkanes of at least 4 members (excludes halogenated alkanes) is 4. The molecule has 0 saturated heterocycles. The maximum absolute atomic E-state index is 12.5. The molecule has 4 heteroatoms. The van der Waals surface area contributed by atoms with Crippen LogP contribution in [0.5, 0.6) is 0 Å². The summed E-state index contributed by atoms with van der Waals surface area (Å²) in [6.45, 7) is 10.0. The van der Waals surface area contributed by atoms with E-state index >= 15 is 0 Å². The Morgan fingerprint density at radius 3 is 1.31 bits per heavy atom. The molecule has 0 atom stereocenters. The Bertz CT molecular complexity index is 682. The average Bonchev–Trinajstić information content (AvgIpc) is 2.79. The van der Waals surface area contributed by atoms with Gasteiger partial charge in [0, 0.05) is 0 Å². The normalized spacial score (nSPS) is 13.4. The third-order valence-electron chi connectivity index (χ3n) is 5.94. The molecule has 0 aliphatic carbocycles. The zero-order valence-electron chi connectivity index (χ0n) is 20.7. The van der Waals surface area contributed by atoms with E-state index in [1.54, 1.807) is 0 Å². The molecule has 1 N–H and O–H groups in total. The van der Waals surface area contributed by atoms with E-state index in [4.69, 9.17) is 9.05 Å². The number of benzene rings is 2. The fourth-order valence-corrected chi connectivity index (χ4v) is 7.30. The molecule has 180 valence electrons. The Balaban J connectivity index is 2.20. The third-order valence-corrected chi connectivity index (χ3v) is 9.68. The molecular formula is C28H45O3P. The van der Waals surface area contributed by atoms with E-state index in [2.05, 4.69) is 27.7 Å². The molecule has 0 unspecified atom stereocenters. The van der Waals surface area contributed by atoms with Crippen LogP contribution >= 0.6 is 7.28 Å². The molecule has 0 aliphatic heterocycles. The van der Waals surface area contributed by atoms with E-state index in [1.807, 2.05) is 60.7 Å². The minimum absolute atomic E-state index is 0.490. The van der Waals surface area contributed by atoms with Crippen molar-refractivity contribution in [2.75, 3.05) is 13.2 Å². The molecule has 2 aromatic rings. The number of hydrogen-bond acceptors (Lipinski definition) is 3. The summed E-state index contributed by atoms with van der Waals surface area (Å²) in [5.41, 5.74) is 0. The molecule has 2 rings (SSSR count). The van der Waals surface area contributed by atoms with Crippen molar-refractivity contribution in [2.24, 2.45) is 11.8 Å². The standard InChI is InChI=1S/C28H45O3P/c1-25(2)17-9-7-15-23-30-32(29,27-19-11-5-12-20-27,28-21-13-6-14-22-28)31-24-16-8-10-18-26(3)4/h5-6,11-14,19-22,25-26,29H,7-10,15-18,23-24H2,1-4H3. The second-order valence-corrected chi connectivity index (χ2v) is 13.1. The third kappa shape index (κ3) is 7.96. The predicted octanol–water partition coefficient (Wildman–Crippen LogP) is 7.39. The van der Waals surface area contributed by atoms with Crippen molar-refractivity contribution >= 4 is 17.9 Å². The van der Waals surface area contributed by atoms with E-state index in [0.717, 1.165) is 48.1 Å². The fraction of sp³-hybridized carbons (Fsp3) is 0.571. The quantitative estimate of drug-likeness (QED) is 0.210. The van der Waals surface area contributed by atoms with E-state index in [1.165, 1.54) is 25.7 Å².